The molecular formula is C130H110. The third-order valence-electron chi connectivity index (χ3n) is 28.4. The Hall–Kier alpha value is -14.3. The van der Waals surface area contributed by atoms with E-state index in [0.29, 0.717) is 0 Å². The Labute approximate surface area is 768 Å². The molecule has 0 saturated heterocycles. The minimum absolute atomic E-state index is 1.06. The number of hydrogen-bond donors (Lipinski definition) is 0. The maximum absolute atomic E-state index is 2.45. The SMILES string of the molecule is CC.CC.CC.CC.CC.c1ccc2c(c1)Cc1c-2ccc2c1-c1cc3ccccc3cc1C2.c1ccc2c(c1)Cc1cc3c(cc1-2)-c1cc2ccccc2cc1C3.c1ccc2c(c1)Cc1cc3c(cc1-2)Cc1cc2ccccc2cc1-3.c1ccc2c(c1)Cc1ccc3c(c1-2)-c1cc2ccccc2cc1C3.c1ccc2c(c1)Cc1ccc3c(c1-2)Cc1cc2ccccc2cc1-3. The summed E-state index contributed by atoms with van der Waals surface area (Å²) in [7, 11) is 0. The maximum atomic E-state index is 2.45. The molecule has 20 aromatic rings. The van der Waals surface area contributed by atoms with Crippen LogP contribution in [0.4, 0.5) is 0 Å². The standard InChI is InChI=1S/5C24H16.5C2H6/c1-2-6-16-13-22-18(9-15(16)5-1)11-20-12-19-10-17-7-3-4-8-21(17)23(19)14-24(20)22;1-2-6-16-12-23-18(9-15(16)5-1)11-20-13-22-19(14-24(20)23)10-17-7-3-4-8-21(17)22;1-2-6-16-14-22-20(11-15(16)5-1)13-19-10-9-18-12-17-7-3-4-8-21(17)23(18)24(19)22;1-2-6-16-13-22-19(11-15(16)5-1)12-18-9-10-21-20-8-4-3-7-17(20)14-23(21)24(18)22;1-2-6-16-13-22-19(11-15(16)5-1)14-23-21(22)10-9-18-12-17-7-3-4-8-20(17)24(18)23;5*1-2/h2*1-9,12-14H,10-11H2;1-11,14H,12-13H2;2*1-11,13H,12,14H2;5*1-2H3. The van der Waals surface area contributed by atoms with E-state index in [-0.39, 0.29) is 0 Å². The molecule has 0 spiro atoms. The first-order valence-electron chi connectivity index (χ1n) is 48.2. The summed E-state index contributed by atoms with van der Waals surface area (Å²) in [5, 5.41) is 13.4. The summed E-state index contributed by atoms with van der Waals surface area (Å²) in [6, 6.07) is 136. The average molecular weight is 1670 g/mol. The van der Waals surface area contributed by atoms with E-state index < -0.39 is 0 Å². The number of benzene rings is 20. The summed E-state index contributed by atoms with van der Waals surface area (Å²) in [5.41, 5.74) is 58.6. The molecule has 0 aromatic heterocycles. The molecule has 0 heterocycles. The average Bonchev–Trinajstić information content (AvgIpc) is 1.60. The van der Waals surface area contributed by atoms with Gasteiger partial charge in [0.15, 0.2) is 0 Å². The van der Waals surface area contributed by atoms with Gasteiger partial charge in [0.2, 0.25) is 0 Å². The first kappa shape index (κ1) is 82.7. The molecule has 0 aliphatic heterocycles. The molecule has 0 atom stereocenters. The van der Waals surface area contributed by atoms with Crippen LogP contribution in [0, 0.1) is 0 Å². The lowest BCUT2D eigenvalue weighted by atomic mass is 9.93. The molecule has 10 aliphatic rings. The van der Waals surface area contributed by atoms with Gasteiger partial charge in [-0.3, -0.25) is 0 Å². The van der Waals surface area contributed by atoms with Crippen molar-refractivity contribution in [2.45, 2.75) is 133 Å². The van der Waals surface area contributed by atoms with E-state index in [4.69, 9.17) is 0 Å². The van der Waals surface area contributed by atoms with Crippen LogP contribution in [-0.2, 0) is 64.2 Å². The first-order chi connectivity index (χ1) is 64.4. The van der Waals surface area contributed by atoms with Crippen LogP contribution in [0.5, 0.6) is 0 Å². The van der Waals surface area contributed by atoms with Crippen LogP contribution < -0.4 is 0 Å². The van der Waals surface area contributed by atoms with E-state index >= 15 is 0 Å². The van der Waals surface area contributed by atoms with Gasteiger partial charge in [0, 0.05) is 0 Å². The Morgan fingerprint density at radius 2 is 0.300 bits per heavy atom. The van der Waals surface area contributed by atoms with Crippen molar-refractivity contribution < 1.29 is 0 Å². The summed E-state index contributed by atoms with van der Waals surface area (Å²) in [6.07, 6.45) is 10.7. The molecule has 0 bridgehead atoms. The summed E-state index contributed by atoms with van der Waals surface area (Å²) in [5.74, 6) is 0. The number of fused-ring (bicyclic) bond motifs is 38. The second kappa shape index (κ2) is 35.0. The quantitative estimate of drug-likeness (QED) is 0.142. The molecule has 0 nitrogen and oxygen atoms in total. The zero-order valence-electron chi connectivity index (χ0n) is 76.7. The molecule has 0 N–H and O–H groups in total. The van der Waals surface area contributed by atoms with Gasteiger partial charge in [-0.25, -0.2) is 0 Å². The minimum atomic E-state index is 1.06. The molecule has 130 heavy (non-hydrogen) atoms. The molecular weight excluding hydrogens is 1560 g/mol. The van der Waals surface area contributed by atoms with Gasteiger partial charge in [0.05, 0.1) is 0 Å². The highest BCUT2D eigenvalue weighted by Crippen LogP contribution is 2.55. The normalized spacial score (nSPS) is 12.7. The molecule has 30 rings (SSSR count). The smallest absolute Gasteiger partial charge is 0.000695 e. The lowest BCUT2D eigenvalue weighted by Gasteiger charge is -2.11. The van der Waals surface area contributed by atoms with Crippen molar-refractivity contribution in [1.82, 2.24) is 0 Å². The van der Waals surface area contributed by atoms with E-state index in [1.165, 1.54) is 276 Å². The largest absolute Gasteiger partial charge is 0.0683 e. The summed E-state index contributed by atoms with van der Waals surface area (Å²) >= 11 is 0. The highest BCUT2D eigenvalue weighted by atomic mass is 14.4. The molecule has 20 aromatic carbocycles. The lowest BCUT2D eigenvalue weighted by molar-refractivity contribution is 1.21. The summed E-state index contributed by atoms with van der Waals surface area (Å²) in [6.45, 7) is 20.0. The van der Waals surface area contributed by atoms with Crippen LogP contribution in [-0.4, -0.2) is 0 Å². The van der Waals surface area contributed by atoms with E-state index in [1.807, 2.05) is 69.2 Å². The third-order valence-corrected chi connectivity index (χ3v) is 28.4. The fourth-order valence-electron chi connectivity index (χ4n) is 22.9. The lowest BCUT2D eigenvalue weighted by Crippen LogP contribution is -1.88. The molecule has 0 radical (unpaired) electrons. The van der Waals surface area contributed by atoms with Gasteiger partial charge < -0.3 is 0 Å². The van der Waals surface area contributed by atoms with Crippen molar-refractivity contribution in [3.05, 3.63) is 475 Å². The molecule has 0 unspecified atom stereocenters. The van der Waals surface area contributed by atoms with Crippen LogP contribution in [0.1, 0.15) is 181 Å². The molecule has 0 saturated carbocycles. The second-order valence-corrected chi connectivity index (χ2v) is 35.1. The summed E-state index contributed by atoms with van der Waals surface area (Å²) in [4.78, 5) is 0. The third kappa shape index (κ3) is 14.2. The Morgan fingerprint density at radius 1 is 0.108 bits per heavy atom. The zero-order chi connectivity index (χ0) is 88.4. The van der Waals surface area contributed by atoms with E-state index in [9.17, 15) is 0 Å². The molecule has 630 valence electrons. The van der Waals surface area contributed by atoms with Crippen molar-refractivity contribution >= 4 is 53.9 Å². The predicted octanol–water partition coefficient (Wildman–Crippen LogP) is 35.0. The zero-order valence-corrected chi connectivity index (χ0v) is 76.7. The highest BCUT2D eigenvalue weighted by molar-refractivity contribution is 6.03. The Bertz CT molecular complexity index is 7870. The van der Waals surface area contributed by atoms with Crippen LogP contribution in [0.15, 0.2) is 364 Å². The van der Waals surface area contributed by atoms with Gasteiger partial charge in [-0.15, -0.1) is 0 Å². The van der Waals surface area contributed by atoms with Crippen LogP contribution in [0.25, 0.3) is 165 Å². The topological polar surface area (TPSA) is 0 Å². The van der Waals surface area contributed by atoms with Gasteiger partial charge in [-0.05, 0) is 389 Å². The van der Waals surface area contributed by atoms with Crippen molar-refractivity contribution in [2.75, 3.05) is 0 Å². The molecule has 0 fully saturated rings. The van der Waals surface area contributed by atoms with Gasteiger partial charge in [0.25, 0.3) is 0 Å². The van der Waals surface area contributed by atoms with Gasteiger partial charge in [-0.1, -0.05) is 385 Å². The van der Waals surface area contributed by atoms with Gasteiger partial charge >= 0.3 is 0 Å². The fraction of sp³-hybridized carbons (Fsp3) is 0.154. The molecule has 0 heteroatoms. The second-order valence-electron chi connectivity index (χ2n) is 35.1. The number of rotatable bonds is 0. The Morgan fingerprint density at radius 3 is 0.708 bits per heavy atom. The monoisotopic (exact) mass is 1670 g/mol. The van der Waals surface area contributed by atoms with E-state index in [1.54, 1.807) is 0 Å². The highest BCUT2D eigenvalue weighted by Gasteiger charge is 2.34. The van der Waals surface area contributed by atoms with Crippen molar-refractivity contribution in [2.24, 2.45) is 0 Å². The van der Waals surface area contributed by atoms with E-state index in [0.717, 1.165) is 64.2 Å². The Balaban J connectivity index is 0.0000000959. The van der Waals surface area contributed by atoms with Crippen molar-refractivity contribution in [3.8, 4) is 111 Å². The first-order valence-corrected chi connectivity index (χ1v) is 48.2. The number of hydrogen-bond acceptors (Lipinski definition) is 0. The Kier molecular flexibility index (Phi) is 22.3. The predicted molar refractivity (Wildman–Crippen MR) is 559 cm³/mol. The minimum Gasteiger partial charge on any atom is -0.0683 e. The fourth-order valence-corrected chi connectivity index (χ4v) is 22.9. The summed E-state index contributed by atoms with van der Waals surface area (Å²) < 4.78 is 0. The van der Waals surface area contributed by atoms with Gasteiger partial charge in [-0.2, -0.15) is 0 Å². The van der Waals surface area contributed by atoms with Crippen molar-refractivity contribution in [1.29, 1.82) is 0 Å². The van der Waals surface area contributed by atoms with Crippen LogP contribution >= 0.6 is 0 Å². The molecule has 10 aliphatic carbocycles. The van der Waals surface area contributed by atoms with Crippen molar-refractivity contribution in [3.63, 3.8) is 0 Å². The van der Waals surface area contributed by atoms with Crippen LogP contribution in [0.3, 0.4) is 0 Å². The van der Waals surface area contributed by atoms with Crippen LogP contribution in [0.2, 0.25) is 0 Å². The molecule has 0 amide bonds. The van der Waals surface area contributed by atoms with E-state index in [2.05, 4.69) is 364 Å². The maximum Gasteiger partial charge on any atom is -0.000695 e. The van der Waals surface area contributed by atoms with Gasteiger partial charge in [0.1, 0.15) is 0 Å².